The number of benzodiazepines with no additional fused rings is 1. The zero-order chi connectivity index (χ0) is 25.8. The van der Waals surface area contributed by atoms with Crippen molar-refractivity contribution >= 4 is 56.4 Å². The molecule has 3 aromatic carbocycles. The molecule has 0 saturated heterocycles. The van der Waals surface area contributed by atoms with E-state index in [0.29, 0.717) is 34.2 Å². The van der Waals surface area contributed by atoms with Crippen LogP contribution in [0, 0.1) is 0 Å². The van der Waals surface area contributed by atoms with Crippen LogP contribution < -0.4 is 10.6 Å². The molecule has 2 amide bonds. The Labute approximate surface area is 227 Å². The maximum absolute atomic E-state index is 13.2. The van der Waals surface area contributed by atoms with Crippen LogP contribution in [0.4, 0.5) is 11.4 Å². The summed E-state index contributed by atoms with van der Waals surface area (Å²) in [5.74, 6) is -0.348. The van der Waals surface area contributed by atoms with Gasteiger partial charge >= 0.3 is 0 Å². The molecule has 1 aromatic heterocycles. The molecule has 0 fully saturated rings. The number of nitrogens with one attached hydrogen (secondary N) is 2. The molecule has 1 unspecified atom stereocenters. The molecule has 1 aliphatic heterocycles. The molecule has 184 valence electrons. The van der Waals surface area contributed by atoms with Crippen molar-refractivity contribution in [2.75, 3.05) is 10.6 Å². The molecule has 6 nitrogen and oxygen atoms in total. The smallest absolute Gasteiger partial charge is 0.249 e. The van der Waals surface area contributed by atoms with Gasteiger partial charge in [0.2, 0.25) is 11.8 Å². The van der Waals surface area contributed by atoms with Crippen molar-refractivity contribution in [2.24, 2.45) is 4.99 Å². The van der Waals surface area contributed by atoms with Gasteiger partial charge in [-0.05, 0) is 60.2 Å². The van der Waals surface area contributed by atoms with E-state index in [1.165, 1.54) is 0 Å². The number of halogens is 2. The number of fused-ring (bicyclic) bond motifs is 1. The molecule has 1 aliphatic rings. The quantitative estimate of drug-likeness (QED) is 0.293. The lowest BCUT2D eigenvalue weighted by atomic mass is 10.00. The normalized spacial score (nSPS) is 14.7. The third-order valence-corrected chi connectivity index (χ3v) is 6.64. The van der Waals surface area contributed by atoms with Crippen molar-refractivity contribution in [1.82, 2.24) is 4.98 Å². The molecule has 0 spiro atoms. The van der Waals surface area contributed by atoms with Crippen molar-refractivity contribution in [3.63, 3.8) is 0 Å². The fourth-order valence-electron chi connectivity index (χ4n) is 4.17. The van der Waals surface area contributed by atoms with Crippen LogP contribution in [0.5, 0.6) is 0 Å². The second kappa shape index (κ2) is 11.1. The molecule has 0 radical (unpaired) electrons. The number of anilines is 2. The lowest BCUT2D eigenvalue weighted by Gasteiger charge is -2.12. The van der Waals surface area contributed by atoms with Gasteiger partial charge in [-0.3, -0.25) is 19.6 Å². The van der Waals surface area contributed by atoms with Gasteiger partial charge < -0.3 is 10.6 Å². The highest BCUT2D eigenvalue weighted by Gasteiger charge is 2.26. The Morgan fingerprint density at radius 3 is 2.59 bits per heavy atom. The van der Waals surface area contributed by atoms with Gasteiger partial charge in [-0.1, -0.05) is 57.9 Å². The van der Waals surface area contributed by atoms with Gasteiger partial charge in [-0.2, -0.15) is 0 Å². The van der Waals surface area contributed by atoms with Crippen molar-refractivity contribution < 1.29 is 9.59 Å². The minimum absolute atomic E-state index is 0.151. The fourth-order valence-corrected chi connectivity index (χ4v) is 4.78. The number of pyridine rings is 1. The number of aromatic nitrogens is 1. The fraction of sp³-hybridized carbons (Fsp3) is 0.103. The first-order valence-corrected chi connectivity index (χ1v) is 12.8. The lowest BCUT2D eigenvalue weighted by Crippen LogP contribution is -2.27. The van der Waals surface area contributed by atoms with E-state index in [1.807, 2.05) is 72.8 Å². The molecule has 37 heavy (non-hydrogen) atoms. The number of carbonyl (C=O) groups excluding carboxylic acids is 2. The summed E-state index contributed by atoms with van der Waals surface area (Å²) in [6, 6.07) is 25.5. The highest BCUT2D eigenvalue weighted by atomic mass is 79.9. The highest BCUT2D eigenvalue weighted by molar-refractivity contribution is 9.10. The summed E-state index contributed by atoms with van der Waals surface area (Å²) in [7, 11) is 0. The van der Waals surface area contributed by atoms with Crippen molar-refractivity contribution in [2.45, 2.75) is 18.9 Å². The van der Waals surface area contributed by atoms with E-state index in [9.17, 15) is 9.59 Å². The second-order valence-electron chi connectivity index (χ2n) is 8.63. The first-order chi connectivity index (χ1) is 17.9. The third-order valence-electron chi connectivity index (χ3n) is 5.91. The molecule has 1 atom stereocenters. The van der Waals surface area contributed by atoms with Crippen LogP contribution in [0.25, 0.3) is 0 Å². The van der Waals surface area contributed by atoms with E-state index in [-0.39, 0.29) is 18.2 Å². The van der Waals surface area contributed by atoms with Gasteiger partial charge in [0.25, 0.3) is 0 Å². The molecule has 2 heterocycles. The topological polar surface area (TPSA) is 83.5 Å². The summed E-state index contributed by atoms with van der Waals surface area (Å²) in [6.45, 7) is 0. The molecule has 2 N–H and O–H groups in total. The Morgan fingerprint density at radius 2 is 1.84 bits per heavy atom. The first-order valence-electron chi connectivity index (χ1n) is 11.7. The van der Waals surface area contributed by atoms with E-state index in [1.54, 1.807) is 18.3 Å². The third kappa shape index (κ3) is 6.13. The summed E-state index contributed by atoms with van der Waals surface area (Å²) in [6.07, 6.45) is 2.30. The number of rotatable bonds is 6. The van der Waals surface area contributed by atoms with Crippen molar-refractivity contribution in [3.05, 3.63) is 123 Å². The molecule has 0 saturated carbocycles. The van der Waals surface area contributed by atoms with Crippen LogP contribution in [0.3, 0.4) is 0 Å². The molecule has 8 heteroatoms. The molecule has 0 bridgehead atoms. The van der Waals surface area contributed by atoms with E-state index < -0.39 is 6.04 Å². The maximum atomic E-state index is 13.2. The average Bonchev–Trinajstić information content (AvgIpc) is 3.01. The van der Waals surface area contributed by atoms with Gasteiger partial charge in [-0.25, -0.2) is 0 Å². The van der Waals surface area contributed by atoms with Gasteiger partial charge in [0, 0.05) is 44.6 Å². The largest absolute Gasteiger partial charge is 0.326 e. The summed E-state index contributed by atoms with van der Waals surface area (Å²) >= 11 is 9.74. The van der Waals surface area contributed by atoms with Crippen molar-refractivity contribution in [1.29, 1.82) is 0 Å². The summed E-state index contributed by atoms with van der Waals surface area (Å²) in [5, 5.41) is 6.43. The minimum Gasteiger partial charge on any atom is -0.326 e. The number of amides is 2. The van der Waals surface area contributed by atoms with Crippen LogP contribution in [0.2, 0.25) is 5.02 Å². The van der Waals surface area contributed by atoms with Gasteiger partial charge in [0.15, 0.2) is 0 Å². The van der Waals surface area contributed by atoms with Crippen molar-refractivity contribution in [3.8, 4) is 0 Å². The predicted octanol–water partition coefficient (Wildman–Crippen LogP) is 6.08. The Hall–Kier alpha value is -3.81. The Balaban J connectivity index is 1.43. The number of hydrogen-bond acceptors (Lipinski definition) is 4. The SMILES string of the molecule is O=C(Cc1ccccn1)Nc1ccc(C2=NC(Cc3cccc(Br)c3)C(=O)Nc3cc(Cl)ccc32)cc1. The van der Waals surface area contributed by atoms with Crippen LogP contribution in [0.15, 0.2) is 101 Å². The summed E-state index contributed by atoms with van der Waals surface area (Å²) < 4.78 is 0.944. The van der Waals surface area contributed by atoms with Crippen LogP contribution >= 0.6 is 27.5 Å². The summed E-state index contributed by atoms with van der Waals surface area (Å²) in [5.41, 5.74) is 5.25. The van der Waals surface area contributed by atoms with Gasteiger partial charge in [0.1, 0.15) is 6.04 Å². The van der Waals surface area contributed by atoms with E-state index in [0.717, 1.165) is 21.2 Å². The second-order valence-corrected chi connectivity index (χ2v) is 9.98. The lowest BCUT2D eigenvalue weighted by molar-refractivity contribution is -0.117. The van der Waals surface area contributed by atoms with E-state index in [4.69, 9.17) is 16.6 Å². The minimum atomic E-state index is -0.631. The zero-order valence-corrected chi connectivity index (χ0v) is 22.0. The molecular formula is C29H22BrClN4O2. The van der Waals surface area contributed by atoms with E-state index >= 15 is 0 Å². The molecular weight excluding hydrogens is 552 g/mol. The molecule has 4 aromatic rings. The van der Waals surface area contributed by atoms with Crippen LogP contribution in [0.1, 0.15) is 22.4 Å². The number of aliphatic imine (C=N–C) groups is 1. The monoisotopic (exact) mass is 572 g/mol. The van der Waals surface area contributed by atoms with Crippen LogP contribution in [-0.2, 0) is 22.4 Å². The first kappa shape index (κ1) is 24.9. The zero-order valence-electron chi connectivity index (χ0n) is 19.6. The number of nitrogens with zero attached hydrogens (tertiary/aromatic N) is 2. The number of benzene rings is 3. The molecule has 5 rings (SSSR count). The Morgan fingerprint density at radius 1 is 1.00 bits per heavy atom. The number of carbonyl (C=O) groups is 2. The standard InChI is InChI=1S/C29H22BrClN4O2/c30-20-5-3-4-18(14-20)15-26-29(37)35-25-16-21(31)9-12-24(25)28(34-26)19-7-10-22(11-8-19)33-27(36)17-23-6-1-2-13-32-23/h1-14,16,26H,15,17H2,(H,33,36)(H,35,37). The van der Waals surface area contributed by atoms with Gasteiger partial charge in [-0.15, -0.1) is 0 Å². The van der Waals surface area contributed by atoms with E-state index in [2.05, 4.69) is 31.5 Å². The van der Waals surface area contributed by atoms with Crippen LogP contribution in [-0.4, -0.2) is 28.6 Å². The summed E-state index contributed by atoms with van der Waals surface area (Å²) in [4.78, 5) is 34.7. The Bertz CT molecular complexity index is 1490. The highest BCUT2D eigenvalue weighted by Crippen LogP contribution is 2.29. The average molecular weight is 574 g/mol. The van der Waals surface area contributed by atoms with Gasteiger partial charge in [0.05, 0.1) is 17.8 Å². The maximum Gasteiger partial charge on any atom is 0.249 e. The number of hydrogen-bond donors (Lipinski definition) is 2. The predicted molar refractivity (Wildman–Crippen MR) is 150 cm³/mol. The molecule has 0 aliphatic carbocycles. The Kier molecular flexibility index (Phi) is 7.44.